The molecule has 47 heavy (non-hydrogen) atoms. The van der Waals surface area contributed by atoms with E-state index in [0.29, 0.717) is 6.29 Å². The van der Waals surface area contributed by atoms with Crippen LogP contribution < -0.4 is 0 Å². The molecular formula is C42H69O4P. The molecule has 0 aliphatic heterocycles. The number of carbonyl (C=O) groups is 1. The Bertz CT molecular complexity index is 1150. The normalized spacial score (nSPS) is 15.4. The molecule has 0 aromatic rings. The van der Waals surface area contributed by atoms with Crippen LogP contribution in [0.15, 0.2) is 93.2 Å². The van der Waals surface area contributed by atoms with Crippen LogP contribution in [0.25, 0.3) is 0 Å². The van der Waals surface area contributed by atoms with Gasteiger partial charge in [-0.2, -0.15) is 0 Å². The highest BCUT2D eigenvalue weighted by Gasteiger charge is 2.45. The minimum Gasteiger partial charge on any atom is -0.324 e. The molecule has 0 atom stereocenters. The Morgan fingerprint density at radius 1 is 0.447 bits per heavy atom. The van der Waals surface area contributed by atoms with Gasteiger partial charge in [-0.15, -0.1) is 0 Å². The Morgan fingerprint density at radius 2 is 0.681 bits per heavy atom. The van der Waals surface area contributed by atoms with Crippen molar-refractivity contribution in [3.05, 3.63) is 93.2 Å². The van der Waals surface area contributed by atoms with Crippen LogP contribution in [-0.2, 0) is 9.36 Å². The summed E-state index contributed by atoms with van der Waals surface area (Å²) < 4.78 is 12.6. The van der Waals surface area contributed by atoms with Crippen molar-refractivity contribution in [1.82, 2.24) is 0 Å². The summed E-state index contributed by atoms with van der Waals surface area (Å²) in [4.78, 5) is 32.6. The molecule has 0 saturated heterocycles. The fourth-order valence-corrected chi connectivity index (χ4v) is 5.96. The third kappa shape index (κ3) is 22.9. The third-order valence-electron chi connectivity index (χ3n) is 8.72. The largest absolute Gasteiger partial charge is 0.339 e. The quantitative estimate of drug-likeness (QED) is 0.0610. The molecule has 0 saturated carbocycles. The molecule has 0 bridgehead atoms. The van der Waals surface area contributed by atoms with Gasteiger partial charge in [0.2, 0.25) is 0 Å². The van der Waals surface area contributed by atoms with Gasteiger partial charge in [-0.3, -0.25) is 4.57 Å². The third-order valence-corrected chi connectivity index (χ3v) is 10.3. The second kappa shape index (κ2) is 24.8. The van der Waals surface area contributed by atoms with Gasteiger partial charge in [0.1, 0.15) is 11.4 Å². The summed E-state index contributed by atoms with van der Waals surface area (Å²) in [7, 11) is -4.67. The van der Waals surface area contributed by atoms with Crippen molar-refractivity contribution in [2.45, 2.75) is 164 Å². The average molecular weight is 669 g/mol. The van der Waals surface area contributed by atoms with Gasteiger partial charge in [0.05, 0.1) is 0 Å². The summed E-state index contributed by atoms with van der Waals surface area (Å²) in [6.07, 6.45) is 29.9. The molecule has 4 nitrogen and oxygen atoms in total. The van der Waals surface area contributed by atoms with Crippen molar-refractivity contribution >= 4 is 13.9 Å². The Labute approximate surface area is 289 Å². The SMILES string of the molecule is CC(C)=CCC/C(C)=C/CC/C(C)=C/CC/C(C)=C/CC(C=O)(C/C=C(\C)CC/C=C(\C)CC/C=C(\C)CCC=C(C)C)P(=O)(O)O. The van der Waals surface area contributed by atoms with Crippen LogP contribution in [0, 0.1) is 0 Å². The molecule has 0 aromatic carbocycles. The van der Waals surface area contributed by atoms with Gasteiger partial charge in [0.15, 0.2) is 0 Å². The maximum Gasteiger partial charge on any atom is 0.339 e. The standard InChI is InChI=1S/C42H69O4P/c1-34(2)17-11-19-36(5)21-13-23-38(7)25-15-27-40(9)29-31-42(33-43,47(44,45)46)32-30-41(10)28-16-26-39(8)24-14-22-37(6)20-12-18-35(3)4/h17-18,21-22,25-26,29-30,33H,11-16,19-20,23-24,27-28,31-32H2,1-10H3,(H2,44,45,46)/b36-21+,37-22+,38-25+,39-26+,40-29+,41-30+. The number of allylic oxidation sites excluding steroid dienone is 16. The van der Waals surface area contributed by atoms with E-state index < -0.39 is 12.8 Å². The van der Waals surface area contributed by atoms with Crippen LogP contribution >= 0.6 is 7.60 Å². The second-order valence-corrected chi connectivity index (χ2v) is 16.3. The average Bonchev–Trinajstić information content (AvgIpc) is 2.96. The van der Waals surface area contributed by atoms with Gasteiger partial charge < -0.3 is 14.6 Å². The lowest BCUT2D eigenvalue weighted by atomic mass is 9.96. The first kappa shape index (κ1) is 44.7. The van der Waals surface area contributed by atoms with Crippen molar-refractivity contribution in [3.63, 3.8) is 0 Å². The summed E-state index contributed by atoms with van der Waals surface area (Å²) in [6, 6.07) is 0. The van der Waals surface area contributed by atoms with Crippen LogP contribution in [0.3, 0.4) is 0 Å². The molecule has 0 heterocycles. The van der Waals surface area contributed by atoms with Crippen molar-refractivity contribution in [2.24, 2.45) is 0 Å². The molecule has 0 amide bonds. The lowest BCUT2D eigenvalue weighted by Crippen LogP contribution is -2.30. The molecule has 0 aromatic heterocycles. The molecule has 0 fully saturated rings. The van der Waals surface area contributed by atoms with E-state index in [1.165, 1.54) is 33.4 Å². The first-order valence-electron chi connectivity index (χ1n) is 17.7. The van der Waals surface area contributed by atoms with Crippen molar-refractivity contribution < 1.29 is 19.1 Å². The highest BCUT2D eigenvalue weighted by Crippen LogP contribution is 2.54. The molecule has 5 heteroatoms. The van der Waals surface area contributed by atoms with E-state index in [-0.39, 0.29) is 12.8 Å². The Hall–Kier alpha value is -2.26. The molecule has 2 N–H and O–H groups in total. The lowest BCUT2D eigenvalue weighted by Gasteiger charge is -2.27. The van der Waals surface area contributed by atoms with Crippen molar-refractivity contribution in [1.29, 1.82) is 0 Å². The number of aldehydes is 1. The topological polar surface area (TPSA) is 74.6 Å². The zero-order chi connectivity index (χ0) is 35.9. The summed E-state index contributed by atoms with van der Waals surface area (Å²) in [5.74, 6) is 0. The molecular weight excluding hydrogens is 599 g/mol. The Kier molecular flexibility index (Phi) is 23.6. The van der Waals surface area contributed by atoms with Gasteiger partial charge in [-0.05, 0) is 159 Å². The van der Waals surface area contributed by atoms with Crippen LogP contribution in [0.5, 0.6) is 0 Å². The van der Waals surface area contributed by atoms with E-state index >= 15 is 0 Å². The van der Waals surface area contributed by atoms with E-state index in [1.807, 2.05) is 26.0 Å². The van der Waals surface area contributed by atoms with Crippen LogP contribution in [0.2, 0.25) is 0 Å². The van der Waals surface area contributed by atoms with Crippen molar-refractivity contribution in [2.75, 3.05) is 0 Å². The summed E-state index contributed by atoms with van der Waals surface area (Å²) >= 11 is 0. The van der Waals surface area contributed by atoms with E-state index in [9.17, 15) is 19.1 Å². The molecule has 0 aliphatic rings. The van der Waals surface area contributed by atoms with E-state index in [4.69, 9.17) is 0 Å². The van der Waals surface area contributed by atoms with Gasteiger partial charge in [0, 0.05) is 0 Å². The van der Waals surface area contributed by atoms with Crippen molar-refractivity contribution in [3.8, 4) is 0 Å². The number of rotatable bonds is 24. The molecule has 0 spiro atoms. The monoisotopic (exact) mass is 668 g/mol. The Balaban J connectivity index is 4.98. The maximum absolute atomic E-state index is 12.6. The molecule has 266 valence electrons. The van der Waals surface area contributed by atoms with Crippen LogP contribution in [0.1, 0.15) is 159 Å². The fraction of sp³-hybridized carbons (Fsp3) is 0.595. The van der Waals surface area contributed by atoms with Crippen LogP contribution in [-0.4, -0.2) is 21.2 Å². The van der Waals surface area contributed by atoms with Gasteiger partial charge in [0.25, 0.3) is 0 Å². The maximum atomic E-state index is 12.6. The summed E-state index contributed by atoms with van der Waals surface area (Å²) in [6.45, 7) is 21.2. The molecule has 0 unspecified atom stereocenters. The lowest BCUT2D eigenvalue weighted by molar-refractivity contribution is -0.110. The predicted molar refractivity (Wildman–Crippen MR) is 207 cm³/mol. The summed E-state index contributed by atoms with van der Waals surface area (Å²) in [5.41, 5.74) is 10.4. The Morgan fingerprint density at radius 3 is 0.894 bits per heavy atom. The van der Waals surface area contributed by atoms with Gasteiger partial charge in [-0.25, -0.2) is 0 Å². The molecule has 0 rings (SSSR count). The summed E-state index contributed by atoms with van der Waals surface area (Å²) in [5, 5.41) is -1.72. The second-order valence-electron chi connectivity index (χ2n) is 14.3. The zero-order valence-electron chi connectivity index (χ0n) is 31.8. The number of hydrogen-bond donors (Lipinski definition) is 2. The van der Waals surface area contributed by atoms with E-state index in [2.05, 4.69) is 91.8 Å². The smallest absolute Gasteiger partial charge is 0.324 e. The zero-order valence-corrected chi connectivity index (χ0v) is 32.6. The molecule has 0 radical (unpaired) electrons. The van der Waals surface area contributed by atoms with Gasteiger partial charge in [-0.1, -0.05) is 93.2 Å². The van der Waals surface area contributed by atoms with E-state index in [1.54, 1.807) is 0 Å². The minimum absolute atomic E-state index is 0.0379. The number of hydrogen-bond acceptors (Lipinski definition) is 2. The number of carbonyl (C=O) groups excluding carboxylic acids is 1. The highest BCUT2D eigenvalue weighted by atomic mass is 31.2. The van der Waals surface area contributed by atoms with Gasteiger partial charge >= 0.3 is 7.60 Å². The predicted octanol–water partition coefficient (Wildman–Crippen LogP) is 13.2. The first-order chi connectivity index (χ1) is 22.0. The van der Waals surface area contributed by atoms with Crippen LogP contribution in [0.4, 0.5) is 0 Å². The highest BCUT2D eigenvalue weighted by molar-refractivity contribution is 7.54. The first-order valence-corrected chi connectivity index (χ1v) is 19.3. The fourth-order valence-electron chi connectivity index (χ4n) is 5.16. The molecule has 0 aliphatic carbocycles. The minimum atomic E-state index is -4.67. The van der Waals surface area contributed by atoms with E-state index in [0.717, 1.165) is 88.2 Å².